The number of hydrogen-bond acceptors (Lipinski definition) is 3. The standard InChI is InChI=1S/C13H11F6NO2/c14-12(15,16)10-3-1-8(2-4-10)9-5-6-20(7-9)22-11(21)13(17,18)19/h1-4,9H,5-7H2. The predicted molar refractivity (Wildman–Crippen MR) is 62.5 cm³/mol. The van der Waals surface area contributed by atoms with Gasteiger partial charge in [-0.05, 0) is 24.1 Å². The molecule has 2 rings (SSSR count). The Kier molecular flexibility index (Phi) is 4.37. The van der Waals surface area contributed by atoms with Crippen LogP contribution in [0, 0.1) is 0 Å². The second-order valence-electron chi connectivity index (χ2n) is 4.87. The zero-order chi connectivity index (χ0) is 16.5. The Labute approximate surface area is 121 Å². The van der Waals surface area contributed by atoms with E-state index in [0.29, 0.717) is 12.0 Å². The number of hydroxylamine groups is 2. The lowest BCUT2D eigenvalue weighted by Crippen LogP contribution is -2.33. The smallest absolute Gasteiger partial charge is 0.361 e. The normalized spacial score (nSPS) is 20.2. The maximum atomic E-state index is 12.4. The lowest BCUT2D eigenvalue weighted by Gasteiger charge is -2.16. The zero-order valence-corrected chi connectivity index (χ0v) is 11.0. The first-order chi connectivity index (χ1) is 10.1. The van der Waals surface area contributed by atoms with E-state index in [9.17, 15) is 31.1 Å². The molecule has 0 saturated carbocycles. The summed E-state index contributed by atoms with van der Waals surface area (Å²) >= 11 is 0. The highest BCUT2D eigenvalue weighted by Gasteiger charge is 2.43. The summed E-state index contributed by atoms with van der Waals surface area (Å²) in [6.45, 7) is 0.0979. The summed E-state index contributed by atoms with van der Waals surface area (Å²) in [5.74, 6) is -2.59. The Balaban J connectivity index is 1.97. The van der Waals surface area contributed by atoms with Gasteiger partial charge in [-0.25, -0.2) is 4.79 Å². The molecular weight excluding hydrogens is 316 g/mol. The van der Waals surface area contributed by atoms with Crippen molar-refractivity contribution in [3.63, 3.8) is 0 Å². The van der Waals surface area contributed by atoms with Gasteiger partial charge in [-0.2, -0.15) is 26.3 Å². The van der Waals surface area contributed by atoms with Gasteiger partial charge in [0.25, 0.3) is 0 Å². The maximum absolute atomic E-state index is 12.4. The fourth-order valence-electron chi connectivity index (χ4n) is 2.20. The van der Waals surface area contributed by atoms with Gasteiger partial charge in [0.15, 0.2) is 0 Å². The average molecular weight is 327 g/mol. The summed E-state index contributed by atoms with van der Waals surface area (Å²) in [5.41, 5.74) is -0.242. The van der Waals surface area contributed by atoms with Crippen LogP contribution in [-0.2, 0) is 15.8 Å². The van der Waals surface area contributed by atoms with Crippen molar-refractivity contribution in [2.75, 3.05) is 13.1 Å². The number of alkyl halides is 6. The van der Waals surface area contributed by atoms with E-state index in [2.05, 4.69) is 4.84 Å². The molecule has 1 unspecified atom stereocenters. The van der Waals surface area contributed by atoms with Crippen molar-refractivity contribution in [2.45, 2.75) is 24.7 Å². The Bertz CT molecular complexity index is 537. The topological polar surface area (TPSA) is 29.5 Å². The molecule has 0 amide bonds. The quantitative estimate of drug-likeness (QED) is 0.779. The summed E-state index contributed by atoms with van der Waals surface area (Å²) in [7, 11) is 0. The molecule has 0 bridgehead atoms. The molecular formula is C13H11F6NO2. The molecule has 1 aromatic rings. The number of rotatable bonds is 2. The van der Waals surface area contributed by atoms with Gasteiger partial charge >= 0.3 is 18.3 Å². The molecule has 1 heterocycles. The van der Waals surface area contributed by atoms with Gasteiger partial charge in [0.1, 0.15) is 0 Å². The minimum atomic E-state index is -5.08. The summed E-state index contributed by atoms with van der Waals surface area (Å²) in [6, 6.07) is 4.39. The molecule has 1 aliphatic heterocycles. The Morgan fingerprint density at radius 2 is 1.68 bits per heavy atom. The van der Waals surface area contributed by atoms with Gasteiger partial charge < -0.3 is 4.84 Å². The van der Waals surface area contributed by atoms with E-state index in [1.165, 1.54) is 12.1 Å². The molecule has 1 atom stereocenters. The number of carbonyl (C=O) groups is 1. The van der Waals surface area contributed by atoms with Crippen LogP contribution in [0.1, 0.15) is 23.5 Å². The fourth-order valence-corrected chi connectivity index (χ4v) is 2.20. The lowest BCUT2D eigenvalue weighted by molar-refractivity contribution is -0.235. The van der Waals surface area contributed by atoms with E-state index in [0.717, 1.165) is 17.2 Å². The van der Waals surface area contributed by atoms with Crippen molar-refractivity contribution in [2.24, 2.45) is 0 Å². The van der Waals surface area contributed by atoms with Gasteiger partial charge in [-0.3, -0.25) is 0 Å². The first-order valence-electron chi connectivity index (χ1n) is 6.28. The monoisotopic (exact) mass is 327 g/mol. The van der Waals surface area contributed by atoms with Gasteiger partial charge in [0, 0.05) is 19.0 Å². The van der Waals surface area contributed by atoms with Gasteiger partial charge in [0.2, 0.25) is 0 Å². The molecule has 1 saturated heterocycles. The zero-order valence-electron chi connectivity index (χ0n) is 11.0. The minimum absolute atomic E-state index is 0.00713. The average Bonchev–Trinajstić information content (AvgIpc) is 2.85. The van der Waals surface area contributed by atoms with E-state index in [1.54, 1.807) is 0 Å². The maximum Gasteiger partial charge on any atom is 0.492 e. The first kappa shape index (κ1) is 16.6. The number of benzene rings is 1. The van der Waals surface area contributed by atoms with Crippen LogP contribution in [0.4, 0.5) is 26.3 Å². The first-order valence-corrected chi connectivity index (χ1v) is 6.28. The molecule has 1 aliphatic rings. The fraction of sp³-hybridized carbons (Fsp3) is 0.462. The van der Waals surface area contributed by atoms with E-state index >= 15 is 0 Å². The highest BCUT2D eigenvalue weighted by molar-refractivity contribution is 5.75. The third-order valence-corrected chi connectivity index (χ3v) is 3.30. The molecule has 0 N–H and O–H groups in total. The molecule has 0 radical (unpaired) electrons. The van der Waals surface area contributed by atoms with E-state index in [4.69, 9.17) is 0 Å². The predicted octanol–water partition coefficient (Wildman–Crippen LogP) is 3.52. The number of hydrogen-bond donors (Lipinski definition) is 0. The number of carbonyl (C=O) groups excluding carboxylic acids is 1. The van der Waals surface area contributed by atoms with Crippen molar-refractivity contribution >= 4 is 5.97 Å². The van der Waals surface area contributed by atoms with E-state index in [-0.39, 0.29) is 19.0 Å². The van der Waals surface area contributed by atoms with Crippen molar-refractivity contribution in [3.05, 3.63) is 35.4 Å². The van der Waals surface area contributed by atoms with Crippen molar-refractivity contribution in [3.8, 4) is 0 Å². The third-order valence-electron chi connectivity index (χ3n) is 3.30. The van der Waals surface area contributed by atoms with Crippen molar-refractivity contribution in [1.82, 2.24) is 5.06 Å². The molecule has 0 spiro atoms. The summed E-state index contributed by atoms with van der Waals surface area (Å²) in [6.07, 6.45) is -9.13. The van der Waals surface area contributed by atoms with Crippen LogP contribution in [0.15, 0.2) is 24.3 Å². The van der Waals surface area contributed by atoms with Gasteiger partial charge in [-0.1, -0.05) is 12.1 Å². The van der Waals surface area contributed by atoms with Gasteiger partial charge in [0.05, 0.1) is 5.56 Å². The third kappa shape index (κ3) is 3.90. The second-order valence-corrected chi connectivity index (χ2v) is 4.87. The van der Waals surface area contributed by atoms with Crippen LogP contribution in [0.2, 0.25) is 0 Å². The molecule has 22 heavy (non-hydrogen) atoms. The molecule has 0 aromatic heterocycles. The number of halogens is 6. The molecule has 9 heteroatoms. The van der Waals surface area contributed by atoms with Gasteiger partial charge in [-0.15, -0.1) is 5.06 Å². The highest BCUT2D eigenvalue weighted by Crippen LogP contribution is 2.33. The van der Waals surface area contributed by atoms with Crippen LogP contribution in [0.5, 0.6) is 0 Å². The second kappa shape index (κ2) is 5.79. The molecule has 122 valence electrons. The Morgan fingerprint density at radius 1 is 1.09 bits per heavy atom. The molecule has 3 nitrogen and oxygen atoms in total. The summed E-state index contributed by atoms with van der Waals surface area (Å²) in [4.78, 5) is 14.9. The van der Waals surface area contributed by atoms with Crippen LogP contribution in [-0.4, -0.2) is 30.3 Å². The van der Waals surface area contributed by atoms with Crippen LogP contribution >= 0.6 is 0 Å². The minimum Gasteiger partial charge on any atom is -0.361 e. The SMILES string of the molecule is O=C(ON1CCC(c2ccc(C(F)(F)F)cc2)C1)C(F)(F)F. The van der Waals surface area contributed by atoms with Crippen LogP contribution in [0.25, 0.3) is 0 Å². The molecule has 1 aromatic carbocycles. The Morgan fingerprint density at radius 3 is 2.18 bits per heavy atom. The number of nitrogens with zero attached hydrogens (tertiary/aromatic N) is 1. The Hall–Kier alpha value is -1.77. The van der Waals surface area contributed by atoms with Crippen molar-refractivity contribution < 1.29 is 36.0 Å². The molecule has 1 fully saturated rings. The van der Waals surface area contributed by atoms with Crippen molar-refractivity contribution in [1.29, 1.82) is 0 Å². The van der Waals surface area contributed by atoms with Crippen LogP contribution in [0.3, 0.4) is 0 Å². The summed E-state index contributed by atoms with van der Waals surface area (Å²) < 4.78 is 73.5. The summed E-state index contributed by atoms with van der Waals surface area (Å²) in [5, 5.41) is 0.873. The molecule has 0 aliphatic carbocycles. The largest absolute Gasteiger partial charge is 0.492 e. The van der Waals surface area contributed by atoms with E-state index in [1.807, 2.05) is 0 Å². The van der Waals surface area contributed by atoms with Crippen LogP contribution < -0.4 is 0 Å². The lowest BCUT2D eigenvalue weighted by atomic mass is 9.97. The van der Waals surface area contributed by atoms with E-state index < -0.39 is 23.9 Å². The highest BCUT2D eigenvalue weighted by atomic mass is 19.4.